The Morgan fingerprint density at radius 1 is 1.23 bits per heavy atom. The largest absolute Gasteiger partial charge is 0.507 e. The Balaban J connectivity index is 1.59. The summed E-state index contributed by atoms with van der Waals surface area (Å²) < 4.78 is 1.97. The average molecular weight is 422 g/mol. The van der Waals surface area contributed by atoms with E-state index < -0.39 is 0 Å². The summed E-state index contributed by atoms with van der Waals surface area (Å²) in [7, 11) is 0. The predicted molar refractivity (Wildman–Crippen MR) is 120 cm³/mol. The number of benzene rings is 2. The second-order valence-electron chi connectivity index (χ2n) is 6.35. The van der Waals surface area contributed by atoms with E-state index in [1.165, 1.54) is 18.0 Å². The highest BCUT2D eigenvalue weighted by molar-refractivity contribution is 7.99. The number of nitrogens with one attached hydrogen (secondary N) is 1. The maximum absolute atomic E-state index is 12.2. The van der Waals surface area contributed by atoms with Gasteiger partial charge >= 0.3 is 0 Å². The zero-order valence-corrected chi connectivity index (χ0v) is 17.5. The van der Waals surface area contributed by atoms with Gasteiger partial charge in [0, 0.05) is 17.7 Å². The van der Waals surface area contributed by atoms with Gasteiger partial charge in [0.05, 0.1) is 12.0 Å². The molecule has 154 valence electrons. The molecule has 0 aliphatic rings. The first-order valence-electron chi connectivity index (χ1n) is 9.49. The van der Waals surface area contributed by atoms with E-state index >= 15 is 0 Å². The highest BCUT2D eigenvalue weighted by Gasteiger charge is 2.14. The monoisotopic (exact) mass is 421 g/mol. The number of amides is 1. The minimum Gasteiger partial charge on any atom is -0.507 e. The quantitative estimate of drug-likeness (QED) is 0.238. The third-order valence-electron chi connectivity index (χ3n) is 4.31. The molecule has 2 aromatic carbocycles. The van der Waals surface area contributed by atoms with E-state index in [-0.39, 0.29) is 17.4 Å². The van der Waals surface area contributed by atoms with Gasteiger partial charge in [0.15, 0.2) is 11.0 Å². The molecular formula is C22H23N5O2S. The number of rotatable bonds is 9. The zero-order chi connectivity index (χ0) is 21.3. The Hall–Kier alpha value is -3.39. The third kappa shape index (κ3) is 5.15. The minimum atomic E-state index is -0.273. The molecule has 0 saturated carbocycles. The maximum Gasteiger partial charge on any atom is 0.250 e. The number of hydrogen-bond donors (Lipinski definition) is 2. The molecule has 0 aliphatic heterocycles. The van der Waals surface area contributed by atoms with Crippen molar-refractivity contribution in [2.24, 2.45) is 5.10 Å². The molecule has 0 spiro atoms. The van der Waals surface area contributed by atoms with E-state index in [1.807, 2.05) is 54.0 Å². The molecule has 2 N–H and O–H groups in total. The summed E-state index contributed by atoms with van der Waals surface area (Å²) in [6.45, 7) is 6.38. The standard InChI is InChI=1S/C22H23N5O2S/c1-3-9-16-12-8-13-18(20(16)29)14-23-24-19(28)15-30-22-26-25-21(27(22)4-2)17-10-6-5-7-11-17/h3,5-8,10-14,29H,1,4,9,15H2,2H3,(H,24,28)/b23-14+. The van der Waals surface area contributed by atoms with Crippen molar-refractivity contribution in [2.45, 2.75) is 25.0 Å². The van der Waals surface area contributed by atoms with Crippen LogP contribution in [0, 0.1) is 0 Å². The Morgan fingerprint density at radius 2 is 2.03 bits per heavy atom. The number of nitrogens with zero attached hydrogens (tertiary/aromatic N) is 4. The summed E-state index contributed by atoms with van der Waals surface area (Å²) in [5, 5.41) is 23.3. The van der Waals surface area contributed by atoms with E-state index in [0.717, 1.165) is 17.0 Å². The first-order valence-corrected chi connectivity index (χ1v) is 10.5. The number of carbonyl (C=O) groups excluding carboxylic acids is 1. The van der Waals surface area contributed by atoms with Crippen LogP contribution in [0.5, 0.6) is 5.75 Å². The predicted octanol–water partition coefficient (Wildman–Crippen LogP) is 3.64. The molecule has 0 atom stereocenters. The van der Waals surface area contributed by atoms with Crippen molar-refractivity contribution in [1.82, 2.24) is 20.2 Å². The van der Waals surface area contributed by atoms with Crippen molar-refractivity contribution in [2.75, 3.05) is 5.75 Å². The molecule has 0 saturated heterocycles. The Kier molecular flexibility index (Phi) is 7.40. The fraction of sp³-hybridized carbons (Fsp3) is 0.182. The van der Waals surface area contributed by atoms with Gasteiger partial charge in [0.25, 0.3) is 5.91 Å². The Labute approximate surface area is 179 Å². The molecule has 0 aliphatic carbocycles. The van der Waals surface area contributed by atoms with Crippen LogP contribution in [0.3, 0.4) is 0 Å². The van der Waals surface area contributed by atoms with Gasteiger partial charge < -0.3 is 9.67 Å². The van der Waals surface area contributed by atoms with Crippen molar-refractivity contribution >= 4 is 23.9 Å². The Morgan fingerprint density at radius 3 is 2.77 bits per heavy atom. The summed E-state index contributed by atoms with van der Waals surface area (Å²) >= 11 is 1.30. The van der Waals surface area contributed by atoms with Gasteiger partial charge in [-0.15, -0.1) is 16.8 Å². The second kappa shape index (κ2) is 10.4. The SMILES string of the molecule is C=CCc1cccc(/C=N/NC(=O)CSc2nnc(-c3ccccc3)n2CC)c1O. The van der Waals surface area contributed by atoms with E-state index in [4.69, 9.17) is 0 Å². The smallest absolute Gasteiger partial charge is 0.250 e. The van der Waals surface area contributed by atoms with Crippen molar-refractivity contribution in [3.63, 3.8) is 0 Å². The lowest BCUT2D eigenvalue weighted by molar-refractivity contribution is -0.118. The fourth-order valence-corrected chi connectivity index (χ4v) is 3.65. The number of hydrogen-bond acceptors (Lipinski definition) is 6. The first kappa shape index (κ1) is 21.3. The molecule has 8 heteroatoms. The summed E-state index contributed by atoms with van der Waals surface area (Å²) in [4.78, 5) is 12.2. The van der Waals surface area contributed by atoms with E-state index in [2.05, 4.69) is 27.3 Å². The van der Waals surface area contributed by atoms with Crippen molar-refractivity contribution in [3.8, 4) is 17.1 Å². The lowest BCUT2D eigenvalue weighted by Crippen LogP contribution is -2.20. The molecule has 3 rings (SSSR count). The average Bonchev–Trinajstić information content (AvgIpc) is 3.18. The molecule has 30 heavy (non-hydrogen) atoms. The number of allylic oxidation sites excluding steroid dienone is 1. The first-order chi connectivity index (χ1) is 14.6. The fourth-order valence-electron chi connectivity index (χ4n) is 2.85. The van der Waals surface area contributed by atoms with Gasteiger partial charge in [-0.1, -0.05) is 60.3 Å². The topological polar surface area (TPSA) is 92.4 Å². The van der Waals surface area contributed by atoms with Crippen molar-refractivity contribution in [3.05, 3.63) is 72.3 Å². The maximum atomic E-state index is 12.2. The highest BCUT2D eigenvalue weighted by atomic mass is 32.2. The third-order valence-corrected chi connectivity index (χ3v) is 5.27. The number of para-hydroxylation sites is 1. The van der Waals surface area contributed by atoms with Crippen LogP contribution in [0.15, 0.2) is 71.4 Å². The lowest BCUT2D eigenvalue weighted by atomic mass is 10.1. The van der Waals surface area contributed by atoms with E-state index in [9.17, 15) is 9.90 Å². The number of thioether (sulfide) groups is 1. The normalized spacial score (nSPS) is 11.0. The molecular weight excluding hydrogens is 398 g/mol. The van der Waals surface area contributed by atoms with Crippen LogP contribution in [-0.4, -0.2) is 37.7 Å². The number of carbonyl (C=O) groups is 1. The molecule has 1 heterocycles. The van der Waals surface area contributed by atoms with Gasteiger partial charge in [0.2, 0.25) is 0 Å². The number of aromatic hydroxyl groups is 1. The second-order valence-corrected chi connectivity index (χ2v) is 7.29. The van der Waals surface area contributed by atoms with Crippen LogP contribution in [-0.2, 0) is 17.8 Å². The summed E-state index contributed by atoms with van der Waals surface area (Å²) in [6, 6.07) is 15.2. The van der Waals surface area contributed by atoms with Crippen LogP contribution < -0.4 is 5.43 Å². The van der Waals surface area contributed by atoms with Crippen LogP contribution >= 0.6 is 11.8 Å². The molecule has 0 radical (unpaired) electrons. The molecule has 7 nitrogen and oxygen atoms in total. The number of phenolic OH excluding ortho intramolecular Hbond substituents is 1. The van der Waals surface area contributed by atoms with Crippen LogP contribution in [0.4, 0.5) is 0 Å². The van der Waals surface area contributed by atoms with Gasteiger partial charge in [-0.2, -0.15) is 5.10 Å². The van der Waals surface area contributed by atoms with Crippen molar-refractivity contribution < 1.29 is 9.90 Å². The van der Waals surface area contributed by atoms with Gasteiger partial charge in [-0.25, -0.2) is 5.43 Å². The van der Waals surface area contributed by atoms with E-state index in [0.29, 0.717) is 23.7 Å². The molecule has 0 fully saturated rings. The summed E-state index contributed by atoms with van der Waals surface area (Å²) in [5.41, 5.74) is 4.74. The van der Waals surface area contributed by atoms with Crippen LogP contribution in [0.25, 0.3) is 11.4 Å². The molecule has 0 bridgehead atoms. The minimum absolute atomic E-state index is 0.134. The van der Waals surface area contributed by atoms with Gasteiger partial charge in [-0.05, 0) is 25.0 Å². The van der Waals surface area contributed by atoms with Crippen molar-refractivity contribution in [1.29, 1.82) is 0 Å². The molecule has 1 aromatic heterocycles. The van der Waals surface area contributed by atoms with Gasteiger partial charge in [0.1, 0.15) is 5.75 Å². The summed E-state index contributed by atoms with van der Waals surface area (Å²) in [5.74, 6) is 0.778. The van der Waals surface area contributed by atoms with Crippen LogP contribution in [0.1, 0.15) is 18.1 Å². The molecule has 1 amide bonds. The number of phenols is 1. The molecule has 0 unspecified atom stereocenters. The van der Waals surface area contributed by atoms with Crippen LogP contribution in [0.2, 0.25) is 0 Å². The highest BCUT2D eigenvalue weighted by Crippen LogP contribution is 2.24. The molecule has 3 aromatic rings. The van der Waals surface area contributed by atoms with Gasteiger partial charge in [-0.3, -0.25) is 4.79 Å². The number of hydrazone groups is 1. The Bertz CT molecular complexity index is 1050. The lowest BCUT2D eigenvalue weighted by Gasteiger charge is -2.07. The summed E-state index contributed by atoms with van der Waals surface area (Å²) in [6.07, 6.45) is 3.69. The van der Waals surface area contributed by atoms with E-state index in [1.54, 1.807) is 12.1 Å². The number of aromatic nitrogens is 3. The zero-order valence-electron chi connectivity index (χ0n) is 16.7.